The Balaban J connectivity index is 2.84. The third-order valence-electron chi connectivity index (χ3n) is 2.14. The molecule has 0 spiro atoms. The van der Waals surface area contributed by atoms with Crippen molar-refractivity contribution in [2.24, 2.45) is 4.99 Å². The molecule has 1 aromatic heterocycles. The molecule has 1 N–H and O–H groups in total. The highest BCUT2D eigenvalue weighted by molar-refractivity contribution is 6.33. The number of pyridine rings is 1. The van der Waals surface area contributed by atoms with Gasteiger partial charge in [-0.1, -0.05) is 11.6 Å². The third kappa shape index (κ3) is 5.10. The van der Waals surface area contributed by atoms with Gasteiger partial charge in [-0.2, -0.15) is 18.2 Å². The molecule has 0 radical (unpaired) electrons. The molecule has 0 fully saturated rings. The summed E-state index contributed by atoms with van der Waals surface area (Å²) in [6, 6.07) is 0.0132. The molecular weight excluding hydrogens is 311 g/mol. The molecule has 116 valence electrons. The van der Waals surface area contributed by atoms with Gasteiger partial charge in [0, 0.05) is 27.3 Å². The number of nitrogens with one attached hydrogen (secondary N) is 1. The van der Waals surface area contributed by atoms with Crippen molar-refractivity contribution in [2.75, 3.05) is 26.2 Å². The van der Waals surface area contributed by atoms with Gasteiger partial charge >= 0.3 is 12.2 Å². The molecule has 1 heterocycles. The molecule has 1 rings (SSSR count). The Morgan fingerprint density at radius 3 is 2.52 bits per heavy atom. The average Bonchev–Trinajstić information content (AvgIpc) is 2.34. The van der Waals surface area contributed by atoms with Crippen LogP contribution in [0.25, 0.3) is 0 Å². The predicted molar refractivity (Wildman–Crippen MR) is 73.4 cm³/mol. The maximum absolute atomic E-state index is 12.5. The molecule has 21 heavy (non-hydrogen) atoms. The van der Waals surface area contributed by atoms with Gasteiger partial charge < -0.3 is 4.90 Å². The zero-order valence-corrected chi connectivity index (χ0v) is 12.2. The number of carbonyl (C=O) groups excluding carboxylic acids is 1. The van der Waals surface area contributed by atoms with Crippen molar-refractivity contribution in [3.63, 3.8) is 0 Å². The van der Waals surface area contributed by atoms with E-state index in [4.69, 9.17) is 11.6 Å². The minimum atomic E-state index is -4.53. The summed E-state index contributed by atoms with van der Waals surface area (Å²) in [5, 5.41) is 0.835. The number of hydrogen-bond donors (Lipinski definition) is 1. The van der Waals surface area contributed by atoms with Crippen molar-refractivity contribution in [1.82, 2.24) is 15.3 Å². The molecule has 0 aromatic carbocycles. The first-order chi connectivity index (χ1) is 9.61. The number of amides is 2. The third-order valence-corrected chi connectivity index (χ3v) is 2.41. The summed E-state index contributed by atoms with van der Waals surface area (Å²) in [6.07, 6.45) is -2.63. The summed E-state index contributed by atoms with van der Waals surface area (Å²) in [5.74, 6) is -0.0296. The molecule has 1 aromatic rings. The molecule has 0 saturated carbocycles. The van der Waals surface area contributed by atoms with Gasteiger partial charge in [0.05, 0.1) is 16.9 Å². The fraction of sp³-hybridized carbons (Fsp3) is 0.364. The summed E-state index contributed by atoms with van der Waals surface area (Å²) in [5.41, 5.74) is 1.32. The Kier molecular flexibility index (Phi) is 5.36. The summed E-state index contributed by atoms with van der Waals surface area (Å²) in [6.45, 7) is 0. The fourth-order valence-corrected chi connectivity index (χ4v) is 1.52. The number of nitrogens with zero attached hydrogens (tertiary/aromatic N) is 4. The van der Waals surface area contributed by atoms with Crippen LogP contribution in [0.1, 0.15) is 5.56 Å². The molecule has 0 unspecified atom stereocenters. The number of alkyl halides is 3. The van der Waals surface area contributed by atoms with E-state index >= 15 is 0 Å². The van der Waals surface area contributed by atoms with Crippen LogP contribution in [-0.4, -0.2) is 43.4 Å². The van der Waals surface area contributed by atoms with E-state index in [1.807, 2.05) is 0 Å². The maximum atomic E-state index is 12.5. The van der Waals surface area contributed by atoms with Crippen LogP contribution in [-0.2, 0) is 6.18 Å². The first-order valence-corrected chi connectivity index (χ1v) is 5.96. The van der Waals surface area contributed by atoms with E-state index < -0.39 is 17.8 Å². The number of hydrogen-bond acceptors (Lipinski definition) is 3. The monoisotopic (exact) mass is 323 g/mol. The lowest BCUT2D eigenvalue weighted by molar-refractivity contribution is -0.137. The smallest absolute Gasteiger partial charge is 0.369 e. The highest BCUT2D eigenvalue weighted by Crippen LogP contribution is 2.32. The van der Waals surface area contributed by atoms with E-state index in [0.29, 0.717) is 6.20 Å². The minimum Gasteiger partial charge on any atom is -0.369 e. The topological polar surface area (TPSA) is 60.8 Å². The van der Waals surface area contributed by atoms with Crippen LogP contribution in [0.4, 0.5) is 23.8 Å². The Labute approximate surface area is 124 Å². The van der Waals surface area contributed by atoms with Gasteiger partial charge in [-0.3, -0.25) is 5.01 Å². The number of rotatable bonds is 3. The van der Waals surface area contributed by atoms with Gasteiger partial charge in [-0.05, 0) is 6.07 Å². The van der Waals surface area contributed by atoms with Crippen molar-refractivity contribution in [2.45, 2.75) is 6.18 Å². The number of urea groups is 1. The fourth-order valence-electron chi connectivity index (χ4n) is 1.23. The van der Waals surface area contributed by atoms with Crippen LogP contribution in [0.5, 0.6) is 0 Å². The number of aromatic nitrogens is 1. The van der Waals surface area contributed by atoms with Crippen LogP contribution in [0.3, 0.4) is 0 Å². The van der Waals surface area contributed by atoms with Crippen LogP contribution in [0.2, 0.25) is 5.02 Å². The van der Waals surface area contributed by atoms with E-state index in [9.17, 15) is 18.0 Å². The number of carbonyl (C=O) groups is 1. The van der Waals surface area contributed by atoms with E-state index in [-0.39, 0.29) is 10.8 Å². The first-order valence-electron chi connectivity index (χ1n) is 5.59. The summed E-state index contributed by atoms with van der Waals surface area (Å²) < 4.78 is 37.4. The van der Waals surface area contributed by atoms with Gasteiger partial charge in [0.25, 0.3) is 0 Å². The van der Waals surface area contributed by atoms with Crippen LogP contribution < -0.4 is 10.4 Å². The Bertz CT molecular complexity index is 547. The zero-order chi connectivity index (χ0) is 16.2. The molecule has 0 saturated heterocycles. The number of hydrazine groups is 1. The predicted octanol–water partition coefficient (Wildman–Crippen LogP) is 2.40. The summed E-state index contributed by atoms with van der Waals surface area (Å²) in [4.78, 5) is 20.1. The van der Waals surface area contributed by atoms with Gasteiger partial charge in [-0.25, -0.2) is 15.2 Å². The van der Waals surface area contributed by atoms with E-state index in [1.54, 1.807) is 19.0 Å². The SMILES string of the molecule is CN(C)/C=N/C(=O)NN(C)c1ncc(C(F)(F)F)cc1Cl. The second-order valence-corrected chi connectivity index (χ2v) is 4.62. The first kappa shape index (κ1) is 17.0. The van der Waals surface area contributed by atoms with Gasteiger partial charge in [0.1, 0.15) is 0 Å². The number of halogens is 4. The summed E-state index contributed by atoms with van der Waals surface area (Å²) in [7, 11) is 4.73. The minimum absolute atomic E-state index is 0.0296. The lowest BCUT2D eigenvalue weighted by Gasteiger charge is -2.19. The molecule has 6 nitrogen and oxygen atoms in total. The quantitative estimate of drug-likeness (QED) is 0.527. The normalized spacial score (nSPS) is 11.6. The van der Waals surface area contributed by atoms with Crippen LogP contribution in [0, 0.1) is 0 Å². The van der Waals surface area contributed by atoms with Crippen molar-refractivity contribution in [3.8, 4) is 0 Å². The lowest BCUT2D eigenvalue weighted by Crippen LogP contribution is -2.38. The molecule has 10 heteroatoms. The molecule has 0 aliphatic heterocycles. The van der Waals surface area contributed by atoms with Gasteiger partial charge in [0.15, 0.2) is 5.82 Å². The van der Waals surface area contributed by atoms with E-state index in [0.717, 1.165) is 11.1 Å². The molecule has 0 atom stereocenters. The Hall–Kier alpha value is -2.03. The van der Waals surface area contributed by atoms with Crippen molar-refractivity contribution in [1.29, 1.82) is 0 Å². The highest BCUT2D eigenvalue weighted by atomic mass is 35.5. The number of aliphatic imine (C=N–C) groups is 1. The molecule has 0 aliphatic carbocycles. The summed E-state index contributed by atoms with van der Waals surface area (Å²) >= 11 is 5.74. The van der Waals surface area contributed by atoms with Gasteiger partial charge in [0.2, 0.25) is 0 Å². The Morgan fingerprint density at radius 2 is 2.05 bits per heavy atom. The molecule has 0 aliphatic rings. The van der Waals surface area contributed by atoms with Crippen molar-refractivity contribution >= 4 is 29.8 Å². The lowest BCUT2D eigenvalue weighted by atomic mass is 10.3. The molecular formula is C11H13ClF3N5O. The second kappa shape index (κ2) is 6.61. The largest absolute Gasteiger partial charge is 0.417 e. The van der Waals surface area contributed by atoms with Crippen molar-refractivity contribution < 1.29 is 18.0 Å². The molecule has 0 bridgehead atoms. The van der Waals surface area contributed by atoms with Crippen LogP contribution >= 0.6 is 11.6 Å². The van der Waals surface area contributed by atoms with Crippen molar-refractivity contribution in [3.05, 3.63) is 22.8 Å². The maximum Gasteiger partial charge on any atom is 0.417 e. The number of anilines is 1. The highest BCUT2D eigenvalue weighted by Gasteiger charge is 2.31. The van der Waals surface area contributed by atoms with Crippen LogP contribution in [0.15, 0.2) is 17.3 Å². The second-order valence-electron chi connectivity index (χ2n) is 4.21. The standard InChI is InChI=1S/C11H13ClF3N5O/c1-19(2)6-17-10(21)18-20(3)9-8(12)4-7(5-16-9)11(13,14)15/h4-6H,1-3H3,(H,18,21)/b17-6+. The van der Waals surface area contributed by atoms with Gasteiger partial charge in [-0.15, -0.1) is 0 Å². The Morgan fingerprint density at radius 1 is 1.43 bits per heavy atom. The average molecular weight is 324 g/mol. The van der Waals surface area contributed by atoms with E-state index in [2.05, 4.69) is 15.4 Å². The zero-order valence-electron chi connectivity index (χ0n) is 11.4. The molecule has 2 amide bonds. The van der Waals surface area contributed by atoms with E-state index in [1.165, 1.54) is 13.4 Å².